The first-order valence-corrected chi connectivity index (χ1v) is 7.71. The Kier molecular flexibility index (Phi) is 3.46. The Balaban J connectivity index is 2.03. The first kappa shape index (κ1) is 12.5. The fourth-order valence-corrected chi connectivity index (χ4v) is 3.66. The van der Waals surface area contributed by atoms with E-state index in [0.29, 0.717) is 11.2 Å². The number of hydrogen-bond acceptors (Lipinski definition) is 5. The number of nitrogens with two attached hydrogens (primary N) is 1. The molecule has 1 unspecified atom stereocenters. The largest absolute Gasteiger partial charge is 0.368 e. The first-order valence-electron chi connectivity index (χ1n) is 6.66. The molecule has 0 aliphatic carbocycles. The molecule has 5 heteroatoms. The Morgan fingerprint density at radius 2 is 2.21 bits per heavy atom. The lowest BCUT2D eigenvalue weighted by atomic mass is 10.2. The van der Waals surface area contributed by atoms with Gasteiger partial charge >= 0.3 is 0 Å². The standard InChI is InChI=1S/C14H18N4S/c1-2-10-9-18(7-8-19-10)13-11-5-3-4-6-12(11)16-14(15)17-13/h3-6,10H,2,7-9H2,1H3,(H2,15,16,17). The second-order valence-electron chi connectivity index (χ2n) is 4.77. The third kappa shape index (κ3) is 2.47. The fourth-order valence-electron chi connectivity index (χ4n) is 2.48. The fraction of sp³-hybridized carbons (Fsp3) is 0.429. The lowest BCUT2D eigenvalue weighted by Gasteiger charge is -2.33. The van der Waals surface area contributed by atoms with E-state index in [1.807, 2.05) is 18.2 Å². The van der Waals surface area contributed by atoms with Crippen LogP contribution in [0.2, 0.25) is 0 Å². The van der Waals surface area contributed by atoms with Crippen LogP contribution in [0.1, 0.15) is 13.3 Å². The smallest absolute Gasteiger partial charge is 0.222 e. The third-order valence-corrected chi connectivity index (χ3v) is 4.87. The maximum atomic E-state index is 5.84. The molecule has 0 bridgehead atoms. The van der Waals surface area contributed by atoms with E-state index in [-0.39, 0.29) is 0 Å². The van der Waals surface area contributed by atoms with Crippen LogP contribution in [0.25, 0.3) is 10.9 Å². The summed E-state index contributed by atoms with van der Waals surface area (Å²) in [6, 6.07) is 8.08. The molecule has 2 heterocycles. The molecule has 0 radical (unpaired) electrons. The third-order valence-electron chi connectivity index (χ3n) is 3.49. The van der Waals surface area contributed by atoms with Crippen molar-refractivity contribution < 1.29 is 0 Å². The van der Waals surface area contributed by atoms with Crippen LogP contribution in [-0.4, -0.2) is 34.1 Å². The summed E-state index contributed by atoms with van der Waals surface area (Å²) in [5.41, 5.74) is 6.77. The summed E-state index contributed by atoms with van der Waals surface area (Å²) in [6.07, 6.45) is 1.19. The Morgan fingerprint density at radius 1 is 1.37 bits per heavy atom. The van der Waals surface area contributed by atoms with Gasteiger partial charge in [0, 0.05) is 29.5 Å². The Labute approximate surface area is 117 Å². The van der Waals surface area contributed by atoms with E-state index < -0.39 is 0 Å². The van der Waals surface area contributed by atoms with Gasteiger partial charge in [-0.25, -0.2) is 4.98 Å². The Morgan fingerprint density at radius 3 is 3.05 bits per heavy atom. The highest BCUT2D eigenvalue weighted by molar-refractivity contribution is 8.00. The minimum atomic E-state index is 0.361. The van der Waals surface area contributed by atoms with Gasteiger partial charge in [-0.1, -0.05) is 19.1 Å². The molecule has 1 aromatic heterocycles. The number of aromatic nitrogens is 2. The second-order valence-corrected chi connectivity index (χ2v) is 6.18. The van der Waals surface area contributed by atoms with Crippen LogP contribution in [0.4, 0.5) is 11.8 Å². The number of nitrogens with zero attached hydrogens (tertiary/aromatic N) is 3. The molecule has 2 aromatic rings. The molecule has 1 fully saturated rings. The van der Waals surface area contributed by atoms with Crippen molar-refractivity contribution in [2.45, 2.75) is 18.6 Å². The van der Waals surface area contributed by atoms with Gasteiger partial charge in [0.1, 0.15) is 5.82 Å². The zero-order valence-corrected chi connectivity index (χ0v) is 11.9. The molecule has 1 atom stereocenters. The molecular formula is C14H18N4S. The number of rotatable bonds is 2. The quantitative estimate of drug-likeness (QED) is 0.912. The van der Waals surface area contributed by atoms with Crippen LogP contribution in [0.3, 0.4) is 0 Å². The minimum Gasteiger partial charge on any atom is -0.368 e. The number of para-hydroxylation sites is 1. The molecule has 0 spiro atoms. The van der Waals surface area contributed by atoms with E-state index in [9.17, 15) is 0 Å². The molecule has 2 N–H and O–H groups in total. The van der Waals surface area contributed by atoms with Crippen LogP contribution in [0, 0.1) is 0 Å². The zero-order valence-electron chi connectivity index (χ0n) is 11.0. The van der Waals surface area contributed by atoms with Crippen LogP contribution in [0.15, 0.2) is 24.3 Å². The van der Waals surface area contributed by atoms with Crippen LogP contribution in [0.5, 0.6) is 0 Å². The van der Waals surface area contributed by atoms with Crippen molar-refractivity contribution in [3.05, 3.63) is 24.3 Å². The average molecular weight is 274 g/mol. The van der Waals surface area contributed by atoms with Gasteiger partial charge in [0.05, 0.1) is 5.52 Å². The van der Waals surface area contributed by atoms with Crippen LogP contribution < -0.4 is 10.6 Å². The molecule has 0 amide bonds. The van der Waals surface area contributed by atoms with Gasteiger partial charge in [0.15, 0.2) is 0 Å². The zero-order chi connectivity index (χ0) is 13.2. The summed E-state index contributed by atoms with van der Waals surface area (Å²) in [5.74, 6) is 2.50. The maximum Gasteiger partial charge on any atom is 0.222 e. The summed E-state index contributed by atoms with van der Waals surface area (Å²) in [4.78, 5) is 11.1. The monoisotopic (exact) mass is 274 g/mol. The van der Waals surface area contributed by atoms with Gasteiger partial charge < -0.3 is 10.6 Å². The van der Waals surface area contributed by atoms with Crippen molar-refractivity contribution in [2.24, 2.45) is 0 Å². The van der Waals surface area contributed by atoms with E-state index in [4.69, 9.17) is 5.73 Å². The maximum absolute atomic E-state index is 5.84. The topological polar surface area (TPSA) is 55.0 Å². The highest BCUT2D eigenvalue weighted by Gasteiger charge is 2.22. The first-order chi connectivity index (χ1) is 9.28. The minimum absolute atomic E-state index is 0.361. The van der Waals surface area contributed by atoms with Crippen molar-refractivity contribution >= 4 is 34.4 Å². The number of fused-ring (bicyclic) bond motifs is 1. The summed E-state index contributed by atoms with van der Waals surface area (Å²) in [5, 5.41) is 1.78. The van der Waals surface area contributed by atoms with Crippen molar-refractivity contribution in [1.82, 2.24) is 9.97 Å². The van der Waals surface area contributed by atoms with Gasteiger partial charge in [0.2, 0.25) is 5.95 Å². The summed E-state index contributed by atoms with van der Waals surface area (Å²) >= 11 is 2.05. The average Bonchev–Trinajstić information content (AvgIpc) is 2.46. The van der Waals surface area contributed by atoms with Crippen molar-refractivity contribution in [3.8, 4) is 0 Å². The van der Waals surface area contributed by atoms with E-state index in [1.54, 1.807) is 0 Å². The SMILES string of the molecule is CCC1CN(c2nc(N)nc3ccccc23)CCS1. The van der Waals surface area contributed by atoms with Gasteiger partial charge in [-0.05, 0) is 18.6 Å². The molecule has 4 nitrogen and oxygen atoms in total. The predicted molar refractivity (Wildman–Crippen MR) is 82.7 cm³/mol. The normalized spacial score (nSPS) is 19.8. The molecule has 1 aliphatic rings. The van der Waals surface area contributed by atoms with Crippen molar-refractivity contribution in [1.29, 1.82) is 0 Å². The highest BCUT2D eigenvalue weighted by Crippen LogP contribution is 2.29. The van der Waals surface area contributed by atoms with E-state index in [2.05, 4.69) is 39.6 Å². The number of nitrogen functional groups attached to an aromatic ring is 1. The van der Waals surface area contributed by atoms with Crippen molar-refractivity contribution in [2.75, 3.05) is 29.5 Å². The molecule has 1 saturated heterocycles. The van der Waals surface area contributed by atoms with Gasteiger partial charge in [-0.15, -0.1) is 0 Å². The highest BCUT2D eigenvalue weighted by atomic mass is 32.2. The molecular weight excluding hydrogens is 256 g/mol. The van der Waals surface area contributed by atoms with Crippen LogP contribution >= 0.6 is 11.8 Å². The summed E-state index contributed by atoms with van der Waals surface area (Å²) < 4.78 is 0. The van der Waals surface area contributed by atoms with Crippen molar-refractivity contribution in [3.63, 3.8) is 0 Å². The van der Waals surface area contributed by atoms with E-state index in [1.165, 1.54) is 6.42 Å². The van der Waals surface area contributed by atoms with Gasteiger partial charge in [-0.3, -0.25) is 0 Å². The Bertz CT molecular complexity index is 587. The molecule has 1 aliphatic heterocycles. The van der Waals surface area contributed by atoms with Gasteiger partial charge in [0.25, 0.3) is 0 Å². The number of hydrogen-bond donors (Lipinski definition) is 1. The predicted octanol–water partition coefficient (Wildman–Crippen LogP) is 2.54. The van der Waals surface area contributed by atoms with E-state index >= 15 is 0 Å². The summed E-state index contributed by atoms with van der Waals surface area (Å²) in [6.45, 7) is 4.32. The number of benzene rings is 1. The molecule has 0 saturated carbocycles. The van der Waals surface area contributed by atoms with Crippen LogP contribution in [-0.2, 0) is 0 Å². The molecule has 19 heavy (non-hydrogen) atoms. The lowest BCUT2D eigenvalue weighted by Crippen LogP contribution is -2.38. The second kappa shape index (κ2) is 5.25. The van der Waals surface area contributed by atoms with E-state index in [0.717, 1.165) is 35.6 Å². The Hall–Kier alpha value is -1.49. The summed E-state index contributed by atoms with van der Waals surface area (Å²) in [7, 11) is 0. The molecule has 1 aromatic carbocycles. The molecule has 3 rings (SSSR count). The number of thioether (sulfide) groups is 1. The van der Waals surface area contributed by atoms with Gasteiger partial charge in [-0.2, -0.15) is 16.7 Å². The number of anilines is 2. The lowest BCUT2D eigenvalue weighted by molar-refractivity contribution is 0.722. The molecule has 100 valence electrons.